The highest BCUT2D eigenvalue weighted by Gasteiger charge is 2.15. The first-order valence-corrected chi connectivity index (χ1v) is 8.54. The van der Waals surface area contributed by atoms with E-state index in [0.717, 1.165) is 24.8 Å². The third-order valence-electron chi connectivity index (χ3n) is 4.08. The van der Waals surface area contributed by atoms with E-state index < -0.39 is 5.91 Å². The molecule has 0 fully saturated rings. The Balaban J connectivity index is 2.48. The Kier molecular flexibility index (Phi) is 9.14. The van der Waals surface area contributed by atoms with Crippen LogP contribution < -0.4 is 16.0 Å². The van der Waals surface area contributed by atoms with Gasteiger partial charge in [-0.2, -0.15) is 0 Å². The van der Waals surface area contributed by atoms with Crippen LogP contribution in [0.5, 0.6) is 11.5 Å². The smallest absolute Gasteiger partial charge is 0.268 e. The molecule has 0 saturated heterocycles. The van der Waals surface area contributed by atoms with Crippen molar-refractivity contribution in [3.8, 4) is 11.5 Å². The molecule has 0 unspecified atom stereocenters. The maximum atomic E-state index is 11.8. The van der Waals surface area contributed by atoms with Crippen molar-refractivity contribution in [2.75, 3.05) is 7.11 Å². The van der Waals surface area contributed by atoms with E-state index in [4.69, 9.17) is 10.6 Å². The van der Waals surface area contributed by atoms with Crippen LogP contribution in [0, 0.1) is 0 Å². The predicted molar refractivity (Wildman–Crippen MR) is 92.6 cm³/mol. The molecule has 1 aromatic rings. The van der Waals surface area contributed by atoms with Crippen LogP contribution >= 0.6 is 0 Å². The first-order valence-electron chi connectivity index (χ1n) is 8.54. The van der Waals surface area contributed by atoms with Gasteiger partial charge in [-0.1, -0.05) is 51.9 Å². The van der Waals surface area contributed by atoms with E-state index in [1.165, 1.54) is 51.7 Å². The average Bonchev–Trinajstić information content (AvgIpc) is 2.57. The number of hydrogen-bond donors (Lipinski definition) is 3. The van der Waals surface area contributed by atoms with Crippen LogP contribution in [0.15, 0.2) is 12.1 Å². The molecule has 130 valence electrons. The fourth-order valence-corrected chi connectivity index (χ4v) is 2.69. The number of nitrogens with two attached hydrogens (primary N) is 1. The highest BCUT2D eigenvalue weighted by Crippen LogP contribution is 2.29. The summed E-state index contributed by atoms with van der Waals surface area (Å²) in [5.41, 5.74) is 3.21. The van der Waals surface area contributed by atoms with Gasteiger partial charge in [0.1, 0.15) is 11.5 Å². The molecule has 0 aliphatic carbocycles. The van der Waals surface area contributed by atoms with Crippen LogP contribution in [-0.2, 0) is 6.42 Å². The molecule has 0 aliphatic rings. The first-order chi connectivity index (χ1) is 11.1. The van der Waals surface area contributed by atoms with Crippen LogP contribution in [0.2, 0.25) is 0 Å². The molecular formula is C18H30N2O3. The molecule has 23 heavy (non-hydrogen) atoms. The number of nitrogens with one attached hydrogen (secondary N) is 1. The molecule has 4 N–H and O–H groups in total. The molecule has 0 atom stereocenters. The zero-order valence-corrected chi connectivity index (χ0v) is 14.4. The van der Waals surface area contributed by atoms with Crippen LogP contribution in [0.1, 0.15) is 74.2 Å². The Morgan fingerprint density at radius 3 is 2.30 bits per heavy atom. The third kappa shape index (κ3) is 6.48. The van der Waals surface area contributed by atoms with Gasteiger partial charge >= 0.3 is 0 Å². The Hall–Kier alpha value is -1.75. The standard InChI is InChI=1S/C18H30N2O3/c1-3-4-5-6-7-8-9-10-11-14-12-15(18(22)20-19)17(23-2)13-16(14)21/h12-13,21H,3-11,19H2,1-2H3,(H,20,22). The Morgan fingerprint density at radius 1 is 1.13 bits per heavy atom. The number of benzene rings is 1. The van der Waals surface area contributed by atoms with Gasteiger partial charge in [0.15, 0.2) is 0 Å². The molecule has 0 aliphatic heterocycles. The van der Waals surface area contributed by atoms with E-state index in [-0.39, 0.29) is 5.75 Å². The summed E-state index contributed by atoms with van der Waals surface area (Å²) in [6.45, 7) is 2.22. The van der Waals surface area contributed by atoms with E-state index in [2.05, 4.69) is 12.3 Å². The number of rotatable bonds is 11. The number of carbonyl (C=O) groups excluding carboxylic acids is 1. The Morgan fingerprint density at radius 2 is 1.74 bits per heavy atom. The molecule has 1 rings (SSSR count). The predicted octanol–water partition coefficient (Wildman–Crippen LogP) is 3.69. The topological polar surface area (TPSA) is 84.6 Å². The second-order valence-electron chi connectivity index (χ2n) is 5.88. The van der Waals surface area contributed by atoms with Gasteiger partial charge in [-0.15, -0.1) is 0 Å². The lowest BCUT2D eigenvalue weighted by Gasteiger charge is -2.12. The van der Waals surface area contributed by atoms with E-state index in [1.807, 2.05) is 0 Å². The van der Waals surface area contributed by atoms with Crippen molar-refractivity contribution in [1.82, 2.24) is 5.43 Å². The minimum Gasteiger partial charge on any atom is -0.508 e. The van der Waals surface area contributed by atoms with Crippen LogP contribution in [0.4, 0.5) is 0 Å². The zero-order chi connectivity index (χ0) is 17.1. The largest absolute Gasteiger partial charge is 0.508 e. The van der Waals surface area contributed by atoms with E-state index >= 15 is 0 Å². The molecule has 0 radical (unpaired) electrons. The first kappa shape index (κ1) is 19.3. The van der Waals surface area contributed by atoms with Crippen LogP contribution in [0.25, 0.3) is 0 Å². The van der Waals surface area contributed by atoms with Crippen LogP contribution in [0.3, 0.4) is 0 Å². The highest BCUT2D eigenvalue weighted by molar-refractivity contribution is 5.97. The summed E-state index contributed by atoms with van der Waals surface area (Å²) in [6, 6.07) is 3.14. The van der Waals surface area contributed by atoms with Crippen molar-refractivity contribution in [3.05, 3.63) is 23.3 Å². The number of hydrogen-bond acceptors (Lipinski definition) is 4. The van der Waals surface area contributed by atoms with Gasteiger partial charge in [0.25, 0.3) is 5.91 Å². The lowest BCUT2D eigenvalue weighted by Crippen LogP contribution is -2.30. The summed E-state index contributed by atoms with van der Waals surface area (Å²) in [6.07, 6.45) is 10.6. The SMILES string of the molecule is CCCCCCCCCCc1cc(C(=O)NN)c(OC)cc1O. The van der Waals surface area contributed by atoms with Crippen molar-refractivity contribution in [1.29, 1.82) is 0 Å². The normalized spacial score (nSPS) is 10.6. The number of aryl methyl sites for hydroxylation is 1. The maximum absolute atomic E-state index is 11.8. The van der Waals surface area contributed by atoms with E-state index in [1.54, 1.807) is 6.07 Å². The maximum Gasteiger partial charge on any atom is 0.268 e. The number of phenols is 1. The fourth-order valence-electron chi connectivity index (χ4n) is 2.69. The van der Waals surface area contributed by atoms with Crippen LogP contribution in [-0.4, -0.2) is 18.1 Å². The summed E-state index contributed by atoms with van der Waals surface area (Å²) in [4.78, 5) is 11.8. The monoisotopic (exact) mass is 322 g/mol. The molecular weight excluding hydrogens is 292 g/mol. The van der Waals surface area contributed by atoms with E-state index in [9.17, 15) is 9.90 Å². The summed E-state index contributed by atoms with van der Waals surface area (Å²) >= 11 is 0. The molecule has 0 bridgehead atoms. The minimum absolute atomic E-state index is 0.165. The quantitative estimate of drug-likeness (QED) is 0.251. The van der Waals surface area contributed by atoms with Gasteiger partial charge in [0.2, 0.25) is 0 Å². The molecule has 0 aromatic heterocycles. The van der Waals surface area contributed by atoms with E-state index in [0.29, 0.717) is 11.3 Å². The Labute approximate surface area is 139 Å². The fraction of sp³-hybridized carbons (Fsp3) is 0.611. The summed E-state index contributed by atoms with van der Waals surface area (Å²) in [5.74, 6) is 5.26. The molecule has 0 saturated carbocycles. The van der Waals surface area contributed by atoms with Gasteiger partial charge in [-0.3, -0.25) is 10.2 Å². The van der Waals surface area contributed by atoms with Crippen molar-refractivity contribution in [2.24, 2.45) is 5.84 Å². The number of hydrazine groups is 1. The number of ether oxygens (including phenoxy) is 1. The summed E-state index contributed by atoms with van der Waals surface area (Å²) in [5, 5.41) is 10.1. The van der Waals surface area contributed by atoms with Crippen molar-refractivity contribution < 1.29 is 14.6 Å². The molecule has 0 spiro atoms. The molecule has 5 heteroatoms. The van der Waals surface area contributed by atoms with Gasteiger partial charge < -0.3 is 9.84 Å². The minimum atomic E-state index is -0.418. The number of unbranched alkanes of at least 4 members (excludes halogenated alkanes) is 7. The number of carbonyl (C=O) groups is 1. The van der Waals surface area contributed by atoms with Gasteiger partial charge in [0, 0.05) is 6.07 Å². The second-order valence-corrected chi connectivity index (χ2v) is 5.88. The zero-order valence-electron chi connectivity index (χ0n) is 14.4. The van der Waals surface area contributed by atoms with Gasteiger partial charge in [0.05, 0.1) is 12.7 Å². The van der Waals surface area contributed by atoms with Gasteiger partial charge in [-0.05, 0) is 24.5 Å². The summed E-state index contributed by atoms with van der Waals surface area (Å²) < 4.78 is 5.12. The molecule has 1 aromatic carbocycles. The number of methoxy groups -OCH3 is 1. The van der Waals surface area contributed by atoms with Crippen molar-refractivity contribution in [3.63, 3.8) is 0 Å². The number of phenolic OH excluding ortho intramolecular Hbond substituents is 1. The lowest BCUT2D eigenvalue weighted by molar-refractivity contribution is 0.0950. The lowest BCUT2D eigenvalue weighted by atomic mass is 10.0. The molecule has 5 nitrogen and oxygen atoms in total. The summed E-state index contributed by atoms with van der Waals surface area (Å²) in [7, 11) is 1.46. The number of amides is 1. The Bertz CT molecular complexity index is 489. The number of aromatic hydroxyl groups is 1. The number of nitrogen functional groups attached to an aromatic ring is 1. The third-order valence-corrected chi connectivity index (χ3v) is 4.08. The molecule has 0 heterocycles. The molecule has 1 amide bonds. The van der Waals surface area contributed by atoms with Crippen molar-refractivity contribution in [2.45, 2.75) is 64.7 Å². The van der Waals surface area contributed by atoms with Gasteiger partial charge in [-0.25, -0.2) is 5.84 Å². The second kappa shape index (κ2) is 10.9. The average molecular weight is 322 g/mol. The van der Waals surface area contributed by atoms with Crippen molar-refractivity contribution >= 4 is 5.91 Å². The highest BCUT2D eigenvalue weighted by atomic mass is 16.5.